The minimum Gasteiger partial charge on any atom is -0.0654 e. The van der Waals surface area contributed by atoms with Gasteiger partial charge in [-0.15, -0.1) is 0 Å². The molecule has 0 aromatic heterocycles. The van der Waals surface area contributed by atoms with Crippen LogP contribution in [0.2, 0.25) is 0 Å². The van der Waals surface area contributed by atoms with Gasteiger partial charge in [-0.1, -0.05) is 233 Å². The predicted octanol–water partition coefficient (Wildman–Crippen LogP) is 18.7. The standard InChI is InChI=1S/C48H100P/c1-5-9-13-17-20-23-26-29-32-35-38-42-46-49(45-41-16-12-8-4,47-43-39-36-33-30-27-24-21-18-14-10-6-2)48-44-40-37-34-31-28-25-22-19-15-11-7-3/h5-48H2,1-4H3/q+1. The van der Waals surface area contributed by atoms with Crippen LogP contribution in [0.1, 0.15) is 285 Å². The van der Waals surface area contributed by atoms with Crippen molar-refractivity contribution in [1.82, 2.24) is 0 Å². The normalized spacial score (nSPS) is 12.0. The number of hydrogen-bond donors (Lipinski definition) is 0. The van der Waals surface area contributed by atoms with Gasteiger partial charge in [-0.05, 0) is 51.4 Å². The molecule has 1 heteroatoms. The van der Waals surface area contributed by atoms with Gasteiger partial charge in [0.2, 0.25) is 0 Å². The van der Waals surface area contributed by atoms with Gasteiger partial charge >= 0.3 is 0 Å². The van der Waals surface area contributed by atoms with Gasteiger partial charge in [0.15, 0.2) is 0 Å². The van der Waals surface area contributed by atoms with Gasteiger partial charge < -0.3 is 0 Å². The van der Waals surface area contributed by atoms with E-state index in [0.717, 1.165) is 0 Å². The van der Waals surface area contributed by atoms with E-state index >= 15 is 0 Å². The fourth-order valence-corrected chi connectivity index (χ4v) is 13.3. The second-order valence-electron chi connectivity index (χ2n) is 17.0. The molecule has 0 N–H and O–H groups in total. The van der Waals surface area contributed by atoms with Crippen LogP contribution < -0.4 is 0 Å². The maximum Gasteiger partial charge on any atom is 0.0594 e. The van der Waals surface area contributed by atoms with Crippen LogP contribution in [0.25, 0.3) is 0 Å². The van der Waals surface area contributed by atoms with Crippen LogP contribution in [0.15, 0.2) is 0 Å². The van der Waals surface area contributed by atoms with Crippen molar-refractivity contribution >= 4 is 7.26 Å². The fourth-order valence-electron chi connectivity index (χ4n) is 8.41. The van der Waals surface area contributed by atoms with Crippen molar-refractivity contribution in [3.8, 4) is 0 Å². The molecule has 0 rings (SSSR count). The van der Waals surface area contributed by atoms with E-state index in [9.17, 15) is 0 Å². The Hall–Kier alpha value is 0.430. The molecule has 0 atom stereocenters. The lowest BCUT2D eigenvalue weighted by molar-refractivity contribution is 0.545. The molecule has 0 aromatic carbocycles. The summed E-state index contributed by atoms with van der Waals surface area (Å²) in [5, 5.41) is 0. The quantitative estimate of drug-likeness (QED) is 0.0437. The maximum atomic E-state index is 2.40. The molecule has 0 unspecified atom stereocenters. The Labute approximate surface area is 315 Å². The second-order valence-corrected chi connectivity index (χ2v) is 21.4. The SMILES string of the molecule is CCCCCCCCCCCCCC[P+](CCCCCC)(CCCCCCCCCCCCCC)CCCCCCCCCCCCCC. The van der Waals surface area contributed by atoms with Gasteiger partial charge in [0.05, 0.1) is 24.6 Å². The van der Waals surface area contributed by atoms with E-state index in [2.05, 4.69) is 27.7 Å². The molecule has 0 aliphatic heterocycles. The molecule has 0 heterocycles. The van der Waals surface area contributed by atoms with E-state index in [1.165, 1.54) is 231 Å². The zero-order valence-electron chi connectivity index (χ0n) is 35.6. The Bertz CT molecular complexity index is 500. The van der Waals surface area contributed by atoms with Gasteiger partial charge in [-0.3, -0.25) is 0 Å². The Morgan fingerprint density at radius 2 is 0.286 bits per heavy atom. The molecular formula is C48H100P+. The first-order valence-corrected chi connectivity index (χ1v) is 26.6. The van der Waals surface area contributed by atoms with Gasteiger partial charge in [-0.2, -0.15) is 0 Å². The molecule has 0 amide bonds. The topological polar surface area (TPSA) is 0 Å². The molecule has 0 radical (unpaired) electrons. The fraction of sp³-hybridized carbons (Fsp3) is 1.00. The first-order valence-electron chi connectivity index (χ1n) is 24.1. The highest BCUT2D eigenvalue weighted by Gasteiger charge is 2.35. The summed E-state index contributed by atoms with van der Waals surface area (Å²) in [7, 11) is -0.776. The van der Waals surface area contributed by atoms with Crippen molar-refractivity contribution in [2.45, 2.75) is 285 Å². The molecule has 0 spiro atoms. The molecule has 49 heavy (non-hydrogen) atoms. The third kappa shape index (κ3) is 38.0. The zero-order valence-corrected chi connectivity index (χ0v) is 36.5. The lowest BCUT2D eigenvalue weighted by Gasteiger charge is -2.28. The third-order valence-corrected chi connectivity index (χ3v) is 17.0. The van der Waals surface area contributed by atoms with E-state index in [4.69, 9.17) is 0 Å². The monoisotopic (exact) mass is 708 g/mol. The van der Waals surface area contributed by atoms with Crippen LogP contribution in [-0.4, -0.2) is 24.6 Å². The van der Waals surface area contributed by atoms with E-state index in [-0.39, 0.29) is 0 Å². The van der Waals surface area contributed by atoms with Crippen LogP contribution in [0.5, 0.6) is 0 Å². The summed E-state index contributed by atoms with van der Waals surface area (Å²) in [6.07, 6.45) is 66.2. The minimum atomic E-state index is -0.776. The summed E-state index contributed by atoms with van der Waals surface area (Å²) in [6, 6.07) is 0. The van der Waals surface area contributed by atoms with E-state index in [0.29, 0.717) is 0 Å². The molecule has 0 nitrogen and oxygen atoms in total. The summed E-state index contributed by atoms with van der Waals surface area (Å²) in [5.74, 6) is 0. The Morgan fingerprint density at radius 3 is 0.449 bits per heavy atom. The van der Waals surface area contributed by atoms with Crippen LogP contribution >= 0.6 is 7.26 Å². The highest BCUT2D eigenvalue weighted by Crippen LogP contribution is 2.61. The zero-order chi connectivity index (χ0) is 35.6. The molecular weight excluding hydrogens is 608 g/mol. The predicted molar refractivity (Wildman–Crippen MR) is 234 cm³/mol. The summed E-state index contributed by atoms with van der Waals surface area (Å²) < 4.78 is 0. The summed E-state index contributed by atoms with van der Waals surface area (Å²) in [4.78, 5) is 0. The van der Waals surface area contributed by atoms with Crippen LogP contribution in [-0.2, 0) is 0 Å². The number of hydrogen-bond acceptors (Lipinski definition) is 0. The van der Waals surface area contributed by atoms with Crippen molar-refractivity contribution in [2.75, 3.05) is 24.6 Å². The number of rotatable bonds is 44. The Morgan fingerprint density at radius 1 is 0.163 bits per heavy atom. The average molecular weight is 708 g/mol. The highest BCUT2D eigenvalue weighted by atomic mass is 31.2. The lowest BCUT2D eigenvalue weighted by atomic mass is 10.1. The molecule has 0 fully saturated rings. The third-order valence-electron chi connectivity index (χ3n) is 11.9. The molecule has 0 saturated carbocycles. The number of unbranched alkanes of at least 4 members (excludes halogenated alkanes) is 36. The summed E-state index contributed by atoms with van der Waals surface area (Å²) >= 11 is 0. The summed E-state index contributed by atoms with van der Waals surface area (Å²) in [6.45, 7) is 9.39. The maximum absolute atomic E-state index is 2.40. The van der Waals surface area contributed by atoms with Crippen molar-refractivity contribution in [2.24, 2.45) is 0 Å². The second kappa shape index (κ2) is 42.8. The Kier molecular flexibility index (Phi) is 43.2. The molecule has 0 saturated heterocycles. The largest absolute Gasteiger partial charge is 0.0654 e. The molecule has 0 aliphatic rings. The van der Waals surface area contributed by atoms with Crippen molar-refractivity contribution < 1.29 is 0 Å². The van der Waals surface area contributed by atoms with Crippen LogP contribution in [0, 0.1) is 0 Å². The van der Waals surface area contributed by atoms with Crippen LogP contribution in [0.3, 0.4) is 0 Å². The molecule has 296 valence electrons. The molecule has 0 bridgehead atoms. The average Bonchev–Trinajstić information content (AvgIpc) is 3.11. The van der Waals surface area contributed by atoms with E-state index < -0.39 is 7.26 Å². The van der Waals surface area contributed by atoms with Crippen molar-refractivity contribution in [3.63, 3.8) is 0 Å². The van der Waals surface area contributed by atoms with Gasteiger partial charge in [0.1, 0.15) is 0 Å². The first-order chi connectivity index (χ1) is 24.2. The molecule has 0 aliphatic carbocycles. The summed E-state index contributed by atoms with van der Waals surface area (Å²) in [5.41, 5.74) is 0. The smallest absolute Gasteiger partial charge is 0.0594 e. The van der Waals surface area contributed by atoms with Gasteiger partial charge in [0, 0.05) is 7.26 Å². The molecule has 0 aromatic rings. The van der Waals surface area contributed by atoms with Gasteiger partial charge in [-0.25, -0.2) is 0 Å². The lowest BCUT2D eigenvalue weighted by Crippen LogP contribution is -2.13. The highest BCUT2D eigenvalue weighted by molar-refractivity contribution is 7.75. The Balaban J connectivity index is 4.63. The van der Waals surface area contributed by atoms with E-state index in [1.54, 1.807) is 50.3 Å². The first kappa shape index (κ1) is 49.4. The van der Waals surface area contributed by atoms with E-state index in [1.807, 2.05) is 0 Å². The van der Waals surface area contributed by atoms with Crippen molar-refractivity contribution in [3.05, 3.63) is 0 Å². The van der Waals surface area contributed by atoms with Gasteiger partial charge in [0.25, 0.3) is 0 Å². The van der Waals surface area contributed by atoms with Crippen molar-refractivity contribution in [1.29, 1.82) is 0 Å². The minimum absolute atomic E-state index is 0.776. The van der Waals surface area contributed by atoms with Crippen LogP contribution in [0.4, 0.5) is 0 Å².